The maximum Gasteiger partial charge on any atom is 0.0630 e. The van der Waals surface area contributed by atoms with Crippen molar-refractivity contribution in [2.75, 3.05) is 6.54 Å². The number of hydrogen-bond acceptors (Lipinski definition) is 2. The van der Waals surface area contributed by atoms with Crippen LogP contribution in [0.5, 0.6) is 0 Å². The first-order valence-electron chi connectivity index (χ1n) is 8.90. The molecule has 0 amide bonds. The number of nitrogens with zero attached hydrogens (tertiary/aromatic N) is 2. The Bertz CT molecular complexity index is 412. The summed E-state index contributed by atoms with van der Waals surface area (Å²) in [5.74, 6) is 0.923. The van der Waals surface area contributed by atoms with Gasteiger partial charge < -0.3 is 5.73 Å². The molecule has 3 nitrogen and oxygen atoms in total. The van der Waals surface area contributed by atoms with E-state index in [1.54, 1.807) is 0 Å². The Morgan fingerprint density at radius 2 is 1.95 bits per heavy atom. The van der Waals surface area contributed by atoms with Gasteiger partial charge in [0.25, 0.3) is 0 Å². The molecule has 1 aromatic heterocycles. The van der Waals surface area contributed by atoms with E-state index in [0.717, 1.165) is 31.7 Å². The highest BCUT2D eigenvalue weighted by Gasteiger charge is 2.34. The fraction of sp³-hybridized carbons (Fsp3) is 0.833. The molecule has 0 aromatic carbocycles. The normalized spacial score (nSPS) is 26.4. The molecule has 0 bridgehead atoms. The SMILES string of the molecule is CCC1CCC(CN)(Cc2ccn(C(CC)CC)n2)CC1. The first kappa shape index (κ1) is 16.5. The molecule has 1 aliphatic rings. The standard InChI is InChI=1S/C18H33N3/c1-4-15-7-10-18(14-19,11-8-15)13-16-9-12-21(20-16)17(5-2)6-3/h9,12,15,17H,4-8,10-11,13-14,19H2,1-3H3. The lowest BCUT2D eigenvalue weighted by Gasteiger charge is -2.39. The van der Waals surface area contributed by atoms with E-state index in [1.807, 2.05) is 0 Å². The molecular formula is C18H33N3. The third-order valence-corrected chi connectivity index (χ3v) is 5.71. The molecular weight excluding hydrogens is 258 g/mol. The van der Waals surface area contributed by atoms with Gasteiger partial charge >= 0.3 is 0 Å². The van der Waals surface area contributed by atoms with Crippen molar-refractivity contribution >= 4 is 0 Å². The Hall–Kier alpha value is -0.830. The lowest BCUT2D eigenvalue weighted by Crippen LogP contribution is -2.37. The van der Waals surface area contributed by atoms with Crippen molar-refractivity contribution in [2.24, 2.45) is 17.1 Å². The Kier molecular flexibility index (Phi) is 5.86. The van der Waals surface area contributed by atoms with Gasteiger partial charge in [-0.1, -0.05) is 27.2 Å². The molecule has 3 heteroatoms. The van der Waals surface area contributed by atoms with Crippen LogP contribution in [0.4, 0.5) is 0 Å². The molecule has 1 aromatic rings. The van der Waals surface area contributed by atoms with Crippen LogP contribution in [0.25, 0.3) is 0 Å². The molecule has 0 atom stereocenters. The first-order valence-corrected chi connectivity index (χ1v) is 8.90. The van der Waals surface area contributed by atoms with Crippen molar-refractivity contribution in [3.63, 3.8) is 0 Å². The minimum absolute atomic E-state index is 0.304. The van der Waals surface area contributed by atoms with Gasteiger partial charge in [-0.05, 0) is 68.9 Å². The molecule has 0 saturated heterocycles. The zero-order valence-corrected chi connectivity index (χ0v) is 14.1. The fourth-order valence-corrected chi connectivity index (χ4v) is 3.87. The Labute approximate surface area is 130 Å². The van der Waals surface area contributed by atoms with Gasteiger partial charge in [-0.2, -0.15) is 5.10 Å². The number of aromatic nitrogens is 2. The molecule has 0 radical (unpaired) electrons. The third-order valence-electron chi connectivity index (χ3n) is 5.71. The van der Waals surface area contributed by atoms with Crippen LogP contribution in [0.3, 0.4) is 0 Å². The van der Waals surface area contributed by atoms with Crippen LogP contribution in [0.15, 0.2) is 12.3 Å². The van der Waals surface area contributed by atoms with Crippen molar-refractivity contribution in [2.45, 2.75) is 78.2 Å². The second-order valence-corrected chi connectivity index (χ2v) is 6.99. The van der Waals surface area contributed by atoms with Gasteiger partial charge in [0, 0.05) is 6.20 Å². The Balaban J connectivity index is 2.02. The average molecular weight is 291 g/mol. The molecule has 0 spiro atoms. The van der Waals surface area contributed by atoms with Gasteiger partial charge in [0.2, 0.25) is 0 Å². The molecule has 1 saturated carbocycles. The van der Waals surface area contributed by atoms with Gasteiger partial charge in [0.15, 0.2) is 0 Å². The molecule has 1 heterocycles. The van der Waals surface area contributed by atoms with Crippen molar-refractivity contribution in [3.05, 3.63) is 18.0 Å². The maximum absolute atomic E-state index is 6.16. The van der Waals surface area contributed by atoms with E-state index >= 15 is 0 Å². The zero-order chi connectivity index (χ0) is 15.3. The summed E-state index contributed by atoms with van der Waals surface area (Å²) in [7, 11) is 0. The van der Waals surface area contributed by atoms with Gasteiger partial charge in [0.05, 0.1) is 11.7 Å². The van der Waals surface area contributed by atoms with E-state index in [0.29, 0.717) is 11.5 Å². The maximum atomic E-state index is 6.16. The highest BCUT2D eigenvalue weighted by Crippen LogP contribution is 2.41. The molecule has 2 N–H and O–H groups in total. The largest absolute Gasteiger partial charge is 0.330 e. The Morgan fingerprint density at radius 3 is 2.48 bits per heavy atom. The molecule has 120 valence electrons. The van der Waals surface area contributed by atoms with E-state index in [9.17, 15) is 0 Å². The van der Waals surface area contributed by atoms with Gasteiger partial charge in [-0.3, -0.25) is 4.68 Å². The van der Waals surface area contributed by atoms with Crippen LogP contribution in [-0.2, 0) is 6.42 Å². The summed E-state index contributed by atoms with van der Waals surface area (Å²) >= 11 is 0. The van der Waals surface area contributed by atoms with Crippen LogP contribution in [0, 0.1) is 11.3 Å². The smallest absolute Gasteiger partial charge is 0.0630 e. The summed E-state index contributed by atoms with van der Waals surface area (Å²) in [5.41, 5.74) is 7.70. The lowest BCUT2D eigenvalue weighted by molar-refractivity contribution is 0.152. The number of hydrogen-bond donors (Lipinski definition) is 1. The van der Waals surface area contributed by atoms with Gasteiger partial charge in [-0.15, -0.1) is 0 Å². The molecule has 2 rings (SSSR count). The minimum Gasteiger partial charge on any atom is -0.330 e. The van der Waals surface area contributed by atoms with Crippen molar-refractivity contribution in [1.29, 1.82) is 0 Å². The number of nitrogens with two attached hydrogens (primary N) is 1. The lowest BCUT2D eigenvalue weighted by atomic mass is 9.67. The summed E-state index contributed by atoms with van der Waals surface area (Å²) in [6.07, 6.45) is 12.1. The minimum atomic E-state index is 0.304. The summed E-state index contributed by atoms with van der Waals surface area (Å²) in [6, 6.07) is 2.75. The first-order chi connectivity index (χ1) is 10.2. The molecule has 21 heavy (non-hydrogen) atoms. The van der Waals surface area contributed by atoms with Crippen molar-refractivity contribution < 1.29 is 0 Å². The second-order valence-electron chi connectivity index (χ2n) is 6.99. The highest BCUT2D eigenvalue weighted by molar-refractivity contribution is 5.05. The predicted octanol–water partition coefficient (Wildman–Crippen LogP) is 4.33. The number of rotatable bonds is 7. The predicted molar refractivity (Wildman–Crippen MR) is 89.3 cm³/mol. The highest BCUT2D eigenvalue weighted by atomic mass is 15.3. The second kappa shape index (κ2) is 7.44. The van der Waals surface area contributed by atoms with E-state index in [4.69, 9.17) is 10.8 Å². The van der Waals surface area contributed by atoms with Crippen LogP contribution >= 0.6 is 0 Å². The molecule has 0 unspecified atom stereocenters. The van der Waals surface area contributed by atoms with Crippen molar-refractivity contribution in [3.8, 4) is 0 Å². The molecule has 1 fully saturated rings. The topological polar surface area (TPSA) is 43.8 Å². The molecule has 0 aliphatic heterocycles. The summed E-state index contributed by atoms with van der Waals surface area (Å²) in [4.78, 5) is 0. The summed E-state index contributed by atoms with van der Waals surface area (Å²) < 4.78 is 2.16. The van der Waals surface area contributed by atoms with Crippen LogP contribution in [-0.4, -0.2) is 16.3 Å². The Morgan fingerprint density at radius 1 is 1.29 bits per heavy atom. The van der Waals surface area contributed by atoms with Gasteiger partial charge in [0.1, 0.15) is 0 Å². The van der Waals surface area contributed by atoms with Crippen LogP contribution < -0.4 is 5.73 Å². The van der Waals surface area contributed by atoms with E-state index in [-0.39, 0.29) is 0 Å². The van der Waals surface area contributed by atoms with E-state index in [1.165, 1.54) is 37.8 Å². The monoisotopic (exact) mass is 291 g/mol. The summed E-state index contributed by atoms with van der Waals surface area (Å²) in [5, 5.41) is 4.84. The van der Waals surface area contributed by atoms with Crippen LogP contribution in [0.2, 0.25) is 0 Å². The zero-order valence-electron chi connectivity index (χ0n) is 14.1. The summed E-state index contributed by atoms with van der Waals surface area (Å²) in [6.45, 7) is 7.60. The average Bonchev–Trinajstić information content (AvgIpc) is 2.97. The van der Waals surface area contributed by atoms with E-state index < -0.39 is 0 Å². The quantitative estimate of drug-likeness (QED) is 0.812. The third kappa shape index (κ3) is 3.88. The van der Waals surface area contributed by atoms with Gasteiger partial charge in [-0.25, -0.2) is 0 Å². The molecule has 1 aliphatic carbocycles. The van der Waals surface area contributed by atoms with Crippen LogP contribution in [0.1, 0.15) is 77.5 Å². The van der Waals surface area contributed by atoms with Crippen molar-refractivity contribution in [1.82, 2.24) is 9.78 Å². The fourth-order valence-electron chi connectivity index (χ4n) is 3.87. The van der Waals surface area contributed by atoms with E-state index in [2.05, 4.69) is 37.7 Å².